The number of carbonyl (C=O) groups is 2. The van der Waals surface area contributed by atoms with Crippen molar-refractivity contribution >= 4 is 46.7 Å². The summed E-state index contributed by atoms with van der Waals surface area (Å²) in [5.74, 6) is -1.11. The van der Waals surface area contributed by atoms with Gasteiger partial charge < -0.3 is 14.0 Å². The van der Waals surface area contributed by atoms with Crippen LogP contribution in [0, 0.1) is 5.41 Å². The first-order valence-electron chi connectivity index (χ1n) is 14.4. The van der Waals surface area contributed by atoms with E-state index in [0.29, 0.717) is 39.3 Å². The summed E-state index contributed by atoms with van der Waals surface area (Å²) in [6.45, 7) is 8.79. The number of ether oxygens (including phenoxy) is 2. The minimum atomic E-state index is -3.99. The molecule has 1 rings (SSSR count). The lowest BCUT2D eigenvalue weighted by molar-refractivity contribution is -0.890. The minimum absolute atomic E-state index is 0.145. The maximum atomic E-state index is 12.8. The van der Waals surface area contributed by atoms with Crippen LogP contribution in [-0.4, -0.2) is 101 Å². The summed E-state index contributed by atoms with van der Waals surface area (Å²) in [4.78, 5) is 25.5. The maximum Gasteiger partial charge on any atom is 0.322 e. The predicted octanol–water partition coefficient (Wildman–Crippen LogP) is 4.63. The van der Waals surface area contributed by atoms with Gasteiger partial charge in [-0.1, -0.05) is 53.2 Å². The Labute approximate surface area is 256 Å². The molecule has 14 heteroatoms. The number of nitrogens with zero attached hydrogens (tertiary/aromatic N) is 4. The predicted molar refractivity (Wildman–Crippen MR) is 166 cm³/mol. The molecule has 0 fully saturated rings. The molecule has 0 radical (unpaired) electrons. The van der Waals surface area contributed by atoms with Crippen LogP contribution in [0.2, 0.25) is 0 Å². The van der Waals surface area contributed by atoms with Gasteiger partial charge in [-0.05, 0) is 53.1 Å². The number of esters is 2. The third-order valence-corrected chi connectivity index (χ3v) is 9.01. The minimum Gasteiger partial charge on any atom is -0.465 e. The molecule has 1 N–H and O–H groups in total. The highest BCUT2D eigenvalue weighted by Crippen LogP contribution is 2.36. The molecular formula is C27H51BrN4O7PS+. The van der Waals surface area contributed by atoms with Gasteiger partial charge in [-0.2, -0.15) is 8.42 Å². The summed E-state index contributed by atoms with van der Waals surface area (Å²) in [5.41, 5.74) is 0.180. The monoisotopic (exact) mass is 685 g/mol. The van der Waals surface area contributed by atoms with E-state index in [1.165, 1.54) is 12.8 Å². The SMILES string of the molecule is CPn1cc(CCCCCCCCCOC(=O)C(C)(C)CC(C)(Br)C(=O)OCC[N+](C)(C)CCCS(=O)(=O)O)nn1. The summed E-state index contributed by atoms with van der Waals surface area (Å²) >= 11 is 3.45. The zero-order valence-electron chi connectivity index (χ0n) is 25.7. The topological polar surface area (TPSA) is 138 Å². The lowest BCUT2D eigenvalue weighted by atomic mass is 9.83. The van der Waals surface area contributed by atoms with E-state index >= 15 is 0 Å². The largest absolute Gasteiger partial charge is 0.465 e. The first kappa shape index (κ1) is 37.9. The van der Waals surface area contributed by atoms with E-state index in [1.54, 1.807) is 20.8 Å². The zero-order chi connectivity index (χ0) is 31.2. The van der Waals surface area contributed by atoms with Crippen LogP contribution in [-0.2, 0) is 35.6 Å². The molecule has 0 aromatic carbocycles. The van der Waals surface area contributed by atoms with E-state index in [0.717, 1.165) is 44.2 Å². The fourth-order valence-corrected chi connectivity index (χ4v) is 6.19. The van der Waals surface area contributed by atoms with Crippen molar-refractivity contribution in [3.8, 4) is 0 Å². The fraction of sp³-hybridized carbons (Fsp3) is 0.852. The quantitative estimate of drug-likeness (QED) is 0.0462. The van der Waals surface area contributed by atoms with E-state index in [2.05, 4.69) is 32.9 Å². The number of aromatic nitrogens is 3. The van der Waals surface area contributed by atoms with Crippen LogP contribution in [0.5, 0.6) is 0 Å². The Morgan fingerprint density at radius 1 is 0.976 bits per heavy atom. The van der Waals surface area contributed by atoms with Crippen molar-refractivity contribution in [2.45, 2.75) is 89.3 Å². The van der Waals surface area contributed by atoms with Gasteiger partial charge >= 0.3 is 11.9 Å². The number of aryl methyl sites for hydroxylation is 1. The van der Waals surface area contributed by atoms with Crippen molar-refractivity contribution in [3.05, 3.63) is 11.9 Å². The molecular weight excluding hydrogens is 635 g/mol. The number of unbranched alkanes of at least 4 members (excludes halogenated alkanes) is 6. The molecule has 0 aliphatic rings. The van der Waals surface area contributed by atoms with Gasteiger partial charge in [0.2, 0.25) is 0 Å². The van der Waals surface area contributed by atoms with Crippen molar-refractivity contribution in [1.29, 1.82) is 0 Å². The second kappa shape index (κ2) is 17.9. The normalized spacial score (nSPS) is 14.3. The molecule has 0 saturated heterocycles. The average molecular weight is 687 g/mol. The molecule has 0 saturated carbocycles. The second-order valence-corrected chi connectivity index (χ2v) is 16.4. The Kier molecular flexibility index (Phi) is 16.5. The van der Waals surface area contributed by atoms with Crippen molar-refractivity contribution in [2.24, 2.45) is 5.41 Å². The molecule has 1 aromatic rings. The summed E-state index contributed by atoms with van der Waals surface area (Å²) in [6, 6.07) is 0. The molecule has 2 unspecified atom stereocenters. The van der Waals surface area contributed by atoms with E-state index in [-0.39, 0.29) is 24.7 Å². The molecule has 0 aliphatic heterocycles. The Morgan fingerprint density at radius 2 is 1.56 bits per heavy atom. The van der Waals surface area contributed by atoms with Gasteiger partial charge in [0.25, 0.3) is 10.1 Å². The van der Waals surface area contributed by atoms with Crippen LogP contribution < -0.4 is 0 Å². The summed E-state index contributed by atoms with van der Waals surface area (Å²) in [7, 11) is 0.421. The molecule has 0 aliphatic carbocycles. The zero-order valence-corrected chi connectivity index (χ0v) is 29.1. The number of halogens is 1. The highest BCUT2D eigenvalue weighted by molar-refractivity contribution is 9.10. The summed E-state index contributed by atoms with van der Waals surface area (Å²) in [5, 5.41) is 8.26. The standard InChI is InChI=1S/C27H50BrN4O7PS/c1-26(2,22-27(3,28)25(34)39-19-17-32(4,5)16-14-20-41(35,36)37)24(33)38-18-13-11-9-7-8-10-12-15-23-21-31(40-6)30-29-23/h21,40H,7-20,22H2,1-6H3/p+1. The van der Waals surface area contributed by atoms with Crippen LogP contribution in [0.15, 0.2) is 6.20 Å². The van der Waals surface area contributed by atoms with Gasteiger partial charge in [0.05, 0.1) is 50.3 Å². The fourth-order valence-electron chi connectivity index (χ4n) is 4.47. The van der Waals surface area contributed by atoms with Crippen molar-refractivity contribution in [2.75, 3.05) is 52.8 Å². The number of carbonyl (C=O) groups excluding carboxylic acids is 2. The Bertz CT molecular complexity index is 1050. The van der Waals surface area contributed by atoms with E-state index in [9.17, 15) is 18.0 Å². The van der Waals surface area contributed by atoms with E-state index in [1.807, 2.05) is 24.7 Å². The number of hydrogen-bond donors (Lipinski definition) is 1. The van der Waals surface area contributed by atoms with Gasteiger partial charge in [-0.25, -0.2) is 4.45 Å². The molecule has 0 amide bonds. The maximum absolute atomic E-state index is 12.8. The molecule has 1 heterocycles. The average Bonchev–Trinajstić information content (AvgIpc) is 3.31. The number of likely N-dealkylation sites (N-methyl/N-ethyl adjacent to an activating group) is 1. The van der Waals surface area contributed by atoms with Crippen molar-refractivity contribution in [3.63, 3.8) is 0 Å². The smallest absolute Gasteiger partial charge is 0.322 e. The van der Waals surface area contributed by atoms with Gasteiger partial charge in [0, 0.05) is 15.2 Å². The second-order valence-electron chi connectivity index (χ2n) is 12.2. The molecule has 0 spiro atoms. The summed E-state index contributed by atoms with van der Waals surface area (Å²) < 4.78 is 43.0. The summed E-state index contributed by atoms with van der Waals surface area (Å²) in [6.07, 6.45) is 11.1. The van der Waals surface area contributed by atoms with E-state index < -0.39 is 25.8 Å². The molecule has 0 bridgehead atoms. The Morgan fingerprint density at radius 3 is 2.15 bits per heavy atom. The van der Waals surface area contributed by atoms with Crippen LogP contribution in [0.1, 0.15) is 84.3 Å². The van der Waals surface area contributed by atoms with Crippen molar-refractivity contribution < 1.29 is 36.5 Å². The number of quaternary nitrogens is 1. The molecule has 41 heavy (non-hydrogen) atoms. The lowest BCUT2D eigenvalue weighted by Crippen LogP contribution is -2.45. The van der Waals surface area contributed by atoms with Crippen molar-refractivity contribution in [1.82, 2.24) is 14.8 Å². The molecule has 2 atom stereocenters. The van der Waals surface area contributed by atoms with Crippen LogP contribution in [0.25, 0.3) is 0 Å². The first-order valence-corrected chi connectivity index (χ1v) is 18.2. The number of rotatable bonds is 22. The van der Waals surface area contributed by atoms with Gasteiger partial charge in [-0.3, -0.25) is 14.1 Å². The van der Waals surface area contributed by atoms with Gasteiger partial charge in [0.1, 0.15) is 17.5 Å². The van der Waals surface area contributed by atoms with Gasteiger partial charge in [-0.15, -0.1) is 5.10 Å². The van der Waals surface area contributed by atoms with Crippen LogP contribution in [0.3, 0.4) is 0 Å². The van der Waals surface area contributed by atoms with Crippen LogP contribution >= 0.6 is 24.7 Å². The Balaban J connectivity index is 2.23. The third-order valence-electron chi connectivity index (χ3n) is 6.93. The number of hydrogen-bond acceptors (Lipinski definition) is 8. The van der Waals surface area contributed by atoms with Crippen LogP contribution in [0.4, 0.5) is 0 Å². The highest BCUT2D eigenvalue weighted by Gasteiger charge is 2.42. The molecule has 1 aromatic heterocycles. The molecule has 238 valence electrons. The third kappa shape index (κ3) is 16.9. The lowest BCUT2D eigenvalue weighted by Gasteiger charge is -2.32. The van der Waals surface area contributed by atoms with E-state index in [4.69, 9.17) is 14.0 Å². The highest BCUT2D eigenvalue weighted by atomic mass is 79.9. The first-order chi connectivity index (χ1) is 19.0. The molecule has 11 nitrogen and oxygen atoms in total. The van der Waals surface area contributed by atoms with Gasteiger partial charge in [0.15, 0.2) is 0 Å². The number of alkyl halides is 1. The Hall–Kier alpha value is -1.14.